The van der Waals surface area contributed by atoms with Crippen molar-refractivity contribution in [3.8, 4) is 0 Å². The minimum Gasteiger partial charge on any atom is -0.756 e. The molecule has 0 aromatic carbocycles. The molecule has 60 heavy (non-hydrogen) atoms. The number of hydrogen-bond donors (Lipinski definition) is 2. The molecule has 0 heterocycles. The Morgan fingerprint density at radius 3 is 1.38 bits per heavy atom. The number of hydrogen-bond acceptors (Lipinski definition) is 6. The maximum atomic E-state index is 12.8. The highest BCUT2D eigenvalue weighted by molar-refractivity contribution is 7.45. The highest BCUT2D eigenvalue weighted by Crippen LogP contribution is 2.38. The van der Waals surface area contributed by atoms with Gasteiger partial charge in [-0.05, 0) is 32.1 Å². The molecule has 0 aromatic rings. The van der Waals surface area contributed by atoms with Crippen LogP contribution in [0.4, 0.5) is 0 Å². The lowest BCUT2D eigenvalue weighted by atomic mass is 10.0. The lowest BCUT2D eigenvalue weighted by Gasteiger charge is -2.30. The van der Waals surface area contributed by atoms with E-state index in [4.69, 9.17) is 9.05 Å². The molecule has 3 atom stereocenters. The summed E-state index contributed by atoms with van der Waals surface area (Å²) in [5, 5.41) is 13.9. The molecule has 0 aliphatic carbocycles. The zero-order chi connectivity index (χ0) is 44.3. The second kappa shape index (κ2) is 43.2. The maximum Gasteiger partial charge on any atom is 0.268 e. The zero-order valence-corrected chi connectivity index (χ0v) is 41.3. The Labute approximate surface area is 373 Å². The summed E-state index contributed by atoms with van der Waals surface area (Å²) >= 11 is 0. The second-order valence-corrected chi connectivity index (χ2v) is 20.3. The molecule has 8 nitrogen and oxygen atoms in total. The number of nitrogens with zero attached hydrogens (tertiary/aromatic N) is 1. The summed E-state index contributed by atoms with van der Waals surface area (Å²) in [6.45, 7) is 4.69. The average Bonchev–Trinajstić information content (AvgIpc) is 3.20. The molecule has 9 heteroatoms. The van der Waals surface area contributed by atoms with Gasteiger partial charge in [0, 0.05) is 6.42 Å². The lowest BCUT2D eigenvalue weighted by Crippen LogP contribution is -2.46. The molecular weight excluding hydrogens is 768 g/mol. The quantitative estimate of drug-likeness (QED) is 0.0273. The van der Waals surface area contributed by atoms with Gasteiger partial charge in [-0.3, -0.25) is 9.36 Å². The number of carbonyl (C=O) groups is 1. The van der Waals surface area contributed by atoms with Gasteiger partial charge >= 0.3 is 0 Å². The van der Waals surface area contributed by atoms with Gasteiger partial charge in [-0.25, -0.2) is 0 Å². The number of amides is 1. The van der Waals surface area contributed by atoms with Crippen molar-refractivity contribution in [3.63, 3.8) is 0 Å². The second-order valence-electron chi connectivity index (χ2n) is 18.9. The van der Waals surface area contributed by atoms with Crippen LogP contribution in [0.15, 0.2) is 24.3 Å². The van der Waals surface area contributed by atoms with Gasteiger partial charge in [-0.1, -0.05) is 231 Å². The molecular formula is C51H101N2O6P. The van der Waals surface area contributed by atoms with Crippen LogP contribution in [0.3, 0.4) is 0 Å². The van der Waals surface area contributed by atoms with Crippen LogP contribution in [0.25, 0.3) is 0 Å². The summed E-state index contributed by atoms with van der Waals surface area (Å²) in [7, 11) is 1.28. The summed E-state index contributed by atoms with van der Waals surface area (Å²) in [6, 6.07) is -0.829. The highest BCUT2D eigenvalue weighted by Gasteiger charge is 2.24. The van der Waals surface area contributed by atoms with Crippen LogP contribution in [-0.2, 0) is 18.4 Å². The van der Waals surface area contributed by atoms with Crippen molar-refractivity contribution in [2.45, 2.75) is 257 Å². The van der Waals surface area contributed by atoms with Crippen LogP contribution in [-0.4, -0.2) is 68.5 Å². The third-order valence-corrected chi connectivity index (χ3v) is 12.7. The molecule has 0 rings (SSSR count). The van der Waals surface area contributed by atoms with Crippen LogP contribution >= 0.6 is 7.82 Å². The molecule has 0 spiro atoms. The molecule has 0 bridgehead atoms. The topological polar surface area (TPSA) is 108 Å². The van der Waals surface area contributed by atoms with E-state index in [9.17, 15) is 19.4 Å². The number of aliphatic hydroxyl groups excluding tert-OH is 1. The Morgan fingerprint density at radius 1 is 0.583 bits per heavy atom. The van der Waals surface area contributed by atoms with Gasteiger partial charge in [0.25, 0.3) is 7.82 Å². The van der Waals surface area contributed by atoms with E-state index in [0.29, 0.717) is 23.9 Å². The van der Waals surface area contributed by atoms with E-state index >= 15 is 0 Å². The summed E-state index contributed by atoms with van der Waals surface area (Å²) in [5.41, 5.74) is 0. The predicted molar refractivity (Wildman–Crippen MR) is 256 cm³/mol. The van der Waals surface area contributed by atoms with Gasteiger partial charge in [0.15, 0.2) is 0 Å². The number of allylic oxidation sites excluding steroid dienone is 4. The van der Waals surface area contributed by atoms with Crippen LogP contribution in [0, 0.1) is 0 Å². The van der Waals surface area contributed by atoms with Crippen molar-refractivity contribution in [1.29, 1.82) is 0 Å². The SMILES string of the molecule is CCCCCCCC/C=C\C/C=C\CCC(=O)NC(COP(=O)([O-])OCC[N+](C)(C)C)C(O)CCCCCCCCCCCCCCCCCCCCCCCCCCC. The minimum atomic E-state index is -4.58. The largest absolute Gasteiger partial charge is 0.756 e. The van der Waals surface area contributed by atoms with Gasteiger partial charge in [0.2, 0.25) is 5.91 Å². The van der Waals surface area contributed by atoms with E-state index in [1.54, 1.807) is 0 Å². The van der Waals surface area contributed by atoms with E-state index in [0.717, 1.165) is 32.1 Å². The van der Waals surface area contributed by atoms with Gasteiger partial charge in [0.05, 0.1) is 39.9 Å². The molecule has 2 N–H and O–H groups in total. The maximum absolute atomic E-state index is 12.8. The van der Waals surface area contributed by atoms with Crippen LogP contribution < -0.4 is 10.2 Å². The Kier molecular flexibility index (Phi) is 42.5. The smallest absolute Gasteiger partial charge is 0.268 e. The fourth-order valence-electron chi connectivity index (χ4n) is 7.62. The molecule has 0 saturated carbocycles. The third kappa shape index (κ3) is 45.0. The molecule has 0 fully saturated rings. The third-order valence-electron chi connectivity index (χ3n) is 11.7. The summed E-state index contributed by atoms with van der Waals surface area (Å²) < 4.78 is 23.3. The summed E-state index contributed by atoms with van der Waals surface area (Å²) in [5.74, 6) is -0.229. The van der Waals surface area contributed by atoms with E-state index in [1.807, 2.05) is 27.2 Å². The van der Waals surface area contributed by atoms with Gasteiger partial charge in [-0.2, -0.15) is 0 Å². The molecule has 0 aliphatic rings. The first-order valence-electron chi connectivity index (χ1n) is 25.7. The normalized spacial score (nSPS) is 14.3. The Balaban J connectivity index is 4.20. The first-order chi connectivity index (χ1) is 29.0. The lowest BCUT2D eigenvalue weighted by molar-refractivity contribution is -0.870. The monoisotopic (exact) mass is 869 g/mol. The number of phosphoric ester groups is 1. The summed E-state index contributed by atoms with van der Waals surface area (Å²) in [4.78, 5) is 25.3. The van der Waals surface area contributed by atoms with Crippen molar-refractivity contribution in [2.24, 2.45) is 0 Å². The van der Waals surface area contributed by atoms with Gasteiger partial charge in [-0.15, -0.1) is 0 Å². The number of nitrogens with one attached hydrogen (secondary N) is 1. The van der Waals surface area contributed by atoms with Gasteiger partial charge < -0.3 is 28.8 Å². The van der Waals surface area contributed by atoms with E-state index in [2.05, 4.69) is 37.4 Å². The molecule has 356 valence electrons. The van der Waals surface area contributed by atoms with Crippen molar-refractivity contribution in [2.75, 3.05) is 40.9 Å². The molecule has 0 radical (unpaired) electrons. The number of quaternary nitrogens is 1. The minimum absolute atomic E-state index is 0.00396. The number of phosphoric acid groups is 1. The van der Waals surface area contributed by atoms with Crippen molar-refractivity contribution in [1.82, 2.24) is 5.32 Å². The highest BCUT2D eigenvalue weighted by atomic mass is 31.2. The zero-order valence-electron chi connectivity index (χ0n) is 40.4. The van der Waals surface area contributed by atoms with Crippen molar-refractivity contribution < 1.29 is 32.9 Å². The number of unbranched alkanes of at least 4 members (excludes halogenated alkanes) is 30. The van der Waals surface area contributed by atoms with E-state index in [1.165, 1.54) is 180 Å². The first-order valence-corrected chi connectivity index (χ1v) is 27.1. The van der Waals surface area contributed by atoms with Gasteiger partial charge in [0.1, 0.15) is 13.2 Å². The van der Waals surface area contributed by atoms with E-state index in [-0.39, 0.29) is 25.5 Å². The Bertz CT molecular complexity index is 1030. The predicted octanol–water partition coefficient (Wildman–Crippen LogP) is 14.2. The Morgan fingerprint density at radius 2 is 0.967 bits per heavy atom. The first kappa shape index (κ1) is 59.0. The average molecular weight is 869 g/mol. The Hall–Kier alpha value is -1.02. The fraction of sp³-hybridized carbons (Fsp3) is 0.902. The molecule has 0 saturated heterocycles. The van der Waals surface area contributed by atoms with Crippen LogP contribution in [0.5, 0.6) is 0 Å². The van der Waals surface area contributed by atoms with Crippen molar-refractivity contribution >= 4 is 13.7 Å². The van der Waals surface area contributed by atoms with E-state index < -0.39 is 20.0 Å². The molecule has 1 amide bonds. The number of likely N-dealkylation sites (N-methyl/N-ethyl adjacent to an activating group) is 1. The number of carbonyl (C=O) groups excluding carboxylic acids is 1. The van der Waals surface area contributed by atoms with Crippen molar-refractivity contribution in [3.05, 3.63) is 24.3 Å². The molecule has 3 unspecified atom stereocenters. The standard InChI is InChI=1S/C51H101N2O6P/c1-6-8-10-12-14-16-18-20-21-22-23-24-25-26-27-28-29-30-31-33-34-36-38-40-42-44-50(54)49(48-59-60(56,57)58-47-46-53(3,4)5)52-51(55)45-43-41-39-37-35-32-19-17-15-13-11-9-7-2/h32,35,39,41,49-50,54H,6-31,33-34,36-38,40,42-48H2,1-5H3,(H-,52,55,56,57)/b35-32-,41-39-. The summed E-state index contributed by atoms with van der Waals surface area (Å²) in [6.07, 6.45) is 52.2. The van der Waals surface area contributed by atoms with Crippen LogP contribution in [0.2, 0.25) is 0 Å². The van der Waals surface area contributed by atoms with Crippen LogP contribution in [0.1, 0.15) is 245 Å². The molecule has 0 aromatic heterocycles. The number of aliphatic hydroxyl groups is 1. The number of rotatable bonds is 47. The fourth-order valence-corrected chi connectivity index (χ4v) is 8.34. The molecule has 0 aliphatic heterocycles.